The molecule has 0 amide bonds. The fraction of sp³-hybridized carbons (Fsp3) is 0.971. The Balaban J connectivity index is -0.00000000596. The summed E-state index contributed by atoms with van der Waals surface area (Å²) in [5.74, 6) is 2.83. The lowest BCUT2D eigenvalue weighted by Crippen LogP contribution is -0.856. The van der Waals surface area contributed by atoms with E-state index in [1.807, 2.05) is 235 Å². The summed E-state index contributed by atoms with van der Waals surface area (Å²) >= 11 is 3.83. The molecule has 0 heterocycles. The first-order chi connectivity index (χ1) is 18.0. The summed E-state index contributed by atoms with van der Waals surface area (Å²) in [6.45, 7) is 68.0. The molecule has 0 aromatic carbocycles. The highest BCUT2D eigenvalue weighted by molar-refractivity contribution is 7.77. The fourth-order valence-corrected chi connectivity index (χ4v) is 0. The Morgan fingerprint density at radius 2 is 0.139 bits per heavy atom. The Hall–Kier alpha value is 0.0900. The van der Waals surface area contributed by atoms with Gasteiger partial charge in [0, 0.05) is 0 Å². The van der Waals surface area contributed by atoms with Gasteiger partial charge in [0.15, 0.2) is 0 Å². The summed E-state index contributed by atoms with van der Waals surface area (Å²) in [5, 5.41) is 0. The average Bonchev–Trinajstić information content (AvgIpc) is 3.13. The van der Waals surface area contributed by atoms with E-state index < -0.39 is 0 Å². The van der Waals surface area contributed by atoms with Crippen LogP contribution in [0.5, 0.6) is 0 Å². The molecule has 0 aliphatic rings. The minimum atomic E-state index is 2.00. The third-order valence-electron chi connectivity index (χ3n) is 0. The van der Waals surface area contributed by atoms with Crippen LogP contribution in [0.15, 0.2) is 0 Å². The van der Waals surface area contributed by atoms with Gasteiger partial charge in [-0.05, 0) is 5.87 Å². The van der Waals surface area contributed by atoms with E-state index in [4.69, 9.17) is 0 Å². The quantitative estimate of drug-likeness (QED) is 0.267. The van der Waals surface area contributed by atoms with Crippen LogP contribution in [0.4, 0.5) is 0 Å². The van der Waals surface area contributed by atoms with Crippen molar-refractivity contribution in [1.29, 1.82) is 0 Å². The summed E-state index contributed by atoms with van der Waals surface area (Å²) in [7, 11) is 0. The number of rotatable bonds is 0. The van der Waals surface area contributed by atoms with Gasteiger partial charge in [-0.3, -0.25) is 0 Å². The van der Waals surface area contributed by atoms with Crippen LogP contribution in [0, 0.1) is 0 Å². The molecule has 250 valence electrons. The molecule has 0 unspecified atom stereocenters. The molecule has 36 heavy (non-hydrogen) atoms. The maximum absolute atomic E-state index is 3.83. The molecule has 0 N–H and O–H groups in total. The van der Waals surface area contributed by atoms with E-state index in [1.165, 1.54) is 0 Å². The minimum Gasteiger partial charge on any atom is -0.0973 e. The summed E-state index contributed by atoms with van der Waals surface area (Å²) in [5.41, 5.74) is 0. The molecular formula is C35H104S. The summed E-state index contributed by atoms with van der Waals surface area (Å²) in [4.78, 5) is 0. The summed E-state index contributed by atoms with van der Waals surface area (Å²) in [6.07, 6.45) is 0. The minimum absolute atomic E-state index is 2.00. The average molecular weight is 557 g/mol. The van der Waals surface area contributed by atoms with Gasteiger partial charge in [0.05, 0.1) is 0 Å². The second-order valence-electron chi connectivity index (χ2n) is 0. The van der Waals surface area contributed by atoms with Crippen molar-refractivity contribution < 1.29 is 0 Å². The molecule has 1 heteroatoms. The van der Waals surface area contributed by atoms with Crippen LogP contribution in [0.25, 0.3) is 0 Å². The Labute approximate surface area is 253 Å². The molecule has 0 aromatic rings. The lowest BCUT2D eigenvalue weighted by molar-refractivity contribution is 1.50. The maximum atomic E-state index is 3.83. The Morgan fingerprint density at radius 3 is 0.139 bits per heavy atom. The van der Waals surface area contributed by atoms with Gasteiger partial charge in [0.2, 0.25) is 0 Å². The standard InChI is InChI=1S/17C2H6.CH2S/c18*1-2/h17*1-2H3;1H2. The van der Waals surface area contributed by atoms with Crippen molar-refractivity contribution in [3.63, 3.8) is 0 Å². The van der Waals surface area contributed by atoms with Gasteiger partial charge in [-0.25, -0.2) is 0 Å². The highest BCUT2D eigenvalue weighted by atomic mass is 32.1. The van der Waals surface area contributed by atoms with Gasteiger partial charge in [0.1, 0.15) is 0 Å². The third-order valence-corrected chi connectivity index (χ3v) is 0. The second-order valence-corrected chi connectivity index (χ2v) is 0. The molecule has 0 bridgehead atoms. The van der Waals surface area contributed by atoms with Crippen LogP contribution in [0.3, 0.4) is 0 Å². The fourth-order valence-electron chi connectivity index (χ4n) is 0. The van der Waals surface area contributed by atoms with E-state index in [0.29, 0.717) is 0 Å². The topological polar surface area (TPSA) is 0 Å². The van der Waals surface area contributed by atoms with Gasteiger partial charge in [-0.15, -0.1) is 0 Å². The van der Waals surface area contributed by atoms with E-state index in [2.05, 4.69) is 18.1 Å². The zero-order valence-corrected chi connectivity index (χ0v) is 35.9. The van der Waals surface area contributed by atoms with Crippen molar-refractivity contribution in [2.45, 2.75) is 235 Å². The molecule has 0 atom stereocenters. The van der Waals surface area contributed by atoms with Gasteiger partial charge >= 0.3 is 0 Å². The van der Waals surface area contributed by atoms with Crippen LogP contribution in [0.2, 0.25) is 0 Å². The normalized spacial score (nSPS) is 2.94. The molecule has 0 rings (SSSR count). The number of hydrogen-bond acceptors (Lipinski definition) is 1. The van der Waals surface area contributed by atoms with Crippen LogP contribution in [0.1, 0.15) is 235 Å². The van der Waals surface area contributed by atoms with Crippen molar-refractivity contribution in [3.8, 4) is 0 Å². The first-order valence-corrected chi connectivity index (χ1v) is 17.9. The SMILES string of the molecule is C=S.CC.CC.CC.CC.CC.CC.CC.CC.CC.CC.CC.CC.CC.CC.CC.CC.CC. The van der Waals surface area contributed by atoms with Gasteiger partial charge < -0.3 is 0 Å². The largest absolute Gasteiger partial charge is 0.0973 e. The molecular weight excluding hydrogens is 452 g/mol. The Kier molecular flexibility index (Phi) is 19000000. The maximum Gasteiger partial charge on any atom is -0.0351 e. The van der Waals surface area contributed by atoms with E-state index in [0.717, 1.165) is 0 Å². The molecule has 0 spiro atoms. The number of thiocarbonyl (C=S) groups is 1. The first kappa shape index (κ1) is 136. The molecule has 0 radical (unpaired) electrons. The molecule has 0 saturated carbocycles. The predicted molar refractivity (Wildman–Crippen MR) is 208 cm³/mol. The van der Waals surface area contributed by atoms with Gasteiger partial charge in [-0.2, -0.15) is 0 Å². The van der Waals surface area contributed by atoms with Crippen LogP contribution in [-0.2, 0) is 0 Å². The zero-order chi connectivity index (χ0) is 36.0. The zero-order valence-electron chi connectivity index (χ0n) is 35.1. The second kappa shape index (κ2) is 5030000. The molecule has 0 nitrogen and oxygen atoms in total. The molecule has 0 aliphatic heterocycles. The van der Waals surface area contributed by atoms with E-state index in [-0.39, 0.29) is 0 Å². The molecule has 0 aromatic heterocycles. The molecule has 0 fully saturated rings. The van der Waals surface area contributed by atoms with E-state index in [1.54, 1.807) is 0 Å². The van der Waals surface area contributed by atoms with Crippen LogP contribution in [-0.4, -0.2) is 5.87 Å². The Bertz CT molecular complexity index is 6.59. The third kappa shape index (κ3) is 4610000. The molecule has 0 aliphatic carbocycles. The van der Waals surface area contributed by atoms with Gasteiger partial charge in [-0.1, -0.05) is 248 Å². The predicted octanol–water partition coefficient (Wildman–Crippen LogP) is 18.1. The lowest BCUT2D eigenvalue weighted by atomic mass is 11.0. The highest BCUT2D eigenvalue weighted by Crippen LogP contribution is 1.18. The first-order valence-electron chi connectivity index (χ1n) is 17.3. The highest BCUT2D eigenvalue weighted by Gasteiger charge is 0.964. The summed E-state index contributed by atoms with van der Waals surface area (Å²) < 4.78 is 0. The molecule has 0 saturated heterocycles. The lowest BCUT2D eigenvalue weighted by Gasteiger charge is -1.07. The van der Waals surface area contributed by atoms with Crippen molar-refractivity contribution in [3.05, 3.63) is 0 Å². The monoisotopic (exact) mass is 557 g/mol. The number of hydrogen-bond donors (Lipinski definition) is 0. The van der Waals surface area contributed by atoms with E-state index in [9.17, 15) is 0 Å². The van der Waals surface area contributed by atoms with Crippen molar-refractivity contribution in [2.24, 2.45) is 0 Å². The van der Waals surface area contributed by atoms with Crippen LogP contribution < -0.4 is 0 Å². The van der Waals surface area contributed by atoms with E-state index >= 15 is 0 Å². The smallest absolute Gasteiger partial charge is 0.0351 e. The van der Waals surface area contributed by atoms with Crippen molar-refractivity contribution >= 4 is 18.1 Å². The van der Waals surface area contributed by atoms with Gasteiger partial charge in [0.25, 0.3) is 0 Å². The Morgan fingerprint density at radius 1 is 0.139 bits per heavy atom. The van der Waals surface area contributed by atoms with Crippen molar-refractivity contribution in [2.75, 3.05) is 0 Å². The van der Waals surface area contributed by atoms with Crippen LogP contribution >= 0.6 is 12.2 Å². The summed E-state index contributed by atoms with van der Waals surface area (Å²) in [6, 6.07) is 0. The van der Waals surface area contributed by atoms with Crippen molar-refractivity contribution in [1.82, 2.24) is 0 Å².